The third-order valence-corrected chi connectivity index (χ3v) is 5.08. The van der Waals surface area contributed by atoms with Gasteiger partial charge in [-0.15, -0.1) is 0 Å². The van der Waals surface area contributed by atoms with Gasteiger partial charge in [0.25, 0.3) is 0 Å². The van der Waals surface area contributed by atoms with Gasteiger partial charge in [0.15, 0.2) is 0 Å². The van der Waals surface area contributed by atoms with Gasteiger partial charge in [-0.1, -0.05) is 44.2 Å². The molecule has 0 aliphatic carbocycles. The van der Waals surface area contributed by atoms with Crippen molar-refractivity contribution < 1.29 is 9.66 Å². The Morgan fingerprint density at radius 2 is 1.86 bits per heavy atom. The summed E-state index contributed by atoms with van der Waals surface area (Å²) in [5.41, 5.74) is 3.03. The van der Waals surface area contributed by atoms with E-state index >= 15 is 0 Å². The molecule has 0 spiro atoms. The van der Waals surface area contributed by atoms with Crippen LogP contribution >= 0.6 is 0 Å². The lowest BCUT2D eigenvalue weighted by Crippen LogP contribution is -2.26. The van der Waals surface area contributed by atoms with Gasteiger partial charge in [0.05, 0.1) is 4.92 Å². The number of fused-ring (bicyclic) bond motifs is 1. The number of hydrogen-bond acceptors (Lipinski definition) is 6. The van der Waals surface area contributed by atoms with Crippen molar-refractivity contribution in [3.05, 3.63) is 76.1 Å². The minimum atomic E-state index is -0.468. The van der Waals surface area contributed by atoms with Crippen LogP contribution in [0.5, 0.6) is 11.6 Å². The van der Waals surface area contributed by atoms with Gasteiger partial charge in [-0.2, -0.15) is 4.98 Å². The highest BCUT2D eigenvalue weighted by Gasteiger charge is 2.31. The fourth-order valence-electron chi connectivity index (χ4n) is 3.57. The number of para-hydroxylation sites is 1. The number of aryl methyl sites for hydroxylation is 1. The molecule has 29 heavy (non-hydrogen) atoms. The van der Waals surface area contributed by atoms with Crippen LogP contribution in [0, 0.1) is 10.1 Å². The molecule has 148 valence electrons. The van der Waals surface area contributed by atoms with E-state index in [9.17, 15) is 10.1 Å². The fourth-order valence-corrected chi connectivity index (χ4v) is 3.57. The van der Waals surface area contributed by atoms with Gasteiger partial charge >= 0.3 is 11.6 Å². The number of nitro groups is 1. The molecule has 1 aliphatic heterocycles. The molecule has 7 nitrogen and oxygen atoms in total. The molecule has 4 rings (SSSR count). The van der Waals surface area contributed by atoms with Crippen molar-refractivity contribution in [2.75, 3.05) is 11.4 Å². The van der Waals surface area contributed by atoms with E-state index in [1.807, 2.05) is 41.3 Å². The zero-order chi connectivity index (χ0) is 20.4. The average molecular weight is 390 g/mol. The molecule has 0 saturated heterocycles. The van der Waals surface area contributed by atoms with Crippen molar-refractivity contribution in [2.45, 2.75) is 32.6 Å². The summed E-state index contributed by atoms with van der Waals surface area (Å²) >= 11 is 0. The van der Waals surface area contributed by atoms with Crippen molar-refractivity contribution in [3.63, 3.8) is 0 Å². The summed E-state index contributed by atoms with van der Waals surface area (Å²) in [6.45, 7) is 4.86. The third kappa shape index (κ3) is 3.76. The van der Waals surface area contributed by atoms with E-state index in [4.69, 9.17) is 4.74 Å². The maximum absolute atomic E-state index is 11.9. The number of nitrogens with zero attached hydrogens (tertiary/aromatic N) is 4. The summed E-state index contributed by atoms with van der Waals surface area (Å²) < 4.78 is 5.81. The highest BCUT2D eigenvalue weighted by Crippen LogP contribution is 2.41. The van der Waals surface area contributed by atoms with Crippen molar-refractivity contribution in [1.82, 2.24) is 9.97 Å². The van der Waals surface area contributed by atoms with E-state index in [2.05, 4.69) is 23.8 Å². The highest BCUT2D eigenvalue weighted by atomic mass is 16.6. The Kier molecular flexibility index (Phi) is 5.12. The Bertz CT molecular complexity index is 1030. The van der Waals surface area contributed by atoms with Crippen LogP contribution in [-0.4, -0.2) is 21.4 Å². The van der Waals surface area contributed by atoms with Gasteiger partial charge in [0.1, 0.15) is 12.1 Å². The summed E-state index contributed by atoms with van der Waals surface area (Å²) in [6.07, 6.45) is 3.15. The lowest BCUT2D eigenvalue weighted by atomic mass is 10.0. The monoisotopic (exact) mass is 390 g/mol. The van der Waals surface area contributed by atoms with Crippen LogP contribution < -0.4 is 9.64 Å². The summed E-state index contributed by atoms with van der Waals surface area (Å²) in [5.74, 6) is 1.09. The van der Waals surface area contributed by atoms with E-state index in [0.717, 1.165) is 24.1 Å². The molecule has 7 heteroatoms. The van der Waals surface area contributed by atoms with Crippen molar-refractivity contribution in [2.24, 2.45) is 0 Å². The minimum Gasteiger partial charge on any atom is -0.434 e. The van der Waals surface area contributed by atoms with Crippen LogP contribution in [-0.2, 0) is 6.42 Å². The van der Waals surface area contributed by atoms with Crippen molar-refractivity contribution in [1.29, 1.82) is 0 Å². The standard InChI is InChI=1S/C22H22N4O3/c1-15(2)16-9-11-18(12-10-16)29-22-20(26(27)28)21(23-14-24-22)25-13-5-7-17-6-3-4-8-19(17)25/h3-4,6,8-12,14-15H,5,7,13H2,1-2H3. The molecule has 2 heterocycles. The molecule has 0 N–H and O–H groups in total. The summed E-state index contributed by atoms with van der Waals surface area (Å²) in [7, 11) is 0. The predicted octanol–water partition coefficient (Wildman–Crippen LogP) is 5.38. The van der Waals surface area contributed by atoms with E-state index < -0.39 is 4.92 Å². The second kappa shape index (κ2) is 7.87. The number of aromatic nitrogens is 2. The van der Waals surface area contributed by atoms with Crippen molar-refractivity contribution >= 4 is 17.2 Å². The summed E-state index contributed by atoms with van der Waals surface area (Å²) in [4.78, 5) is 21.7. The molecule has 0 bridgehead atoms. The maximum Gasteiger partial charge on any atom is 0.373 e. The highest BCUT2D eigenvalue weighted by molar-refractivity contribution is 5.73. The average Bonchev–Trinajstić information content (AvgIpc) is 2.73. The second-order valence-corrected chi connectivity index (χ2v) is 7.32. The van der Waals surface area contributed by atoms with Crippen LogP contribution in [0.2, 0.25) is 0 Å². The molecule has 0 unspecified atom stereocenters. The SMILES string of the molecule is CC(C)c1ccc(Oc2ncnc(N3CCCc4ccccc43)c2[N+](=O)[O-])cc1. The topological polar surface area (TPSA) is 81.4 Å². The molecule has 0 radical (unpaired) electrons. The molecule has 1 aromatic heterocycles. The zero-order valence-electron chi connectivity index (χ0n) is 16.4. The van der Waals surface area contributed by atoms with Gasteiger partial charge in [0, 0.05) is 12.2 Å². The number of hydrogen-bond donors (Lipinski definition) is 0. The summed E-state index contributed by atoms with van der Waals surface area (Å²) in [5, 5.41) is 11.9. The first-order valence-electron chi connectivity index (χ1n) is 9.67. The lowest BCUT2D eigenvalue weighted by Gasteiger charge is -2.29. The molecule has 3 aromatic rings. The largest absolute Gasteiger partial charge is 0.434 e. The van der Waals surface area contributed by atoms with E-state index in [1.165, 1.54) is 11.9 Å². The molecule has 1 aliphatic rings. The summed E-state index contributed by atoms with van der Waals surface area (Å²) in [6, 6.07) is 15.4. The number of rotatable bonds is 5. The van der Waals surface area contributed by atoms with Gasteiger partial charge in [-0.3, -0.25) is 10.1 Å². The number of ether oxygens (including phenoxy) is 1. The first-order chi connectivity index (χ1) is 14.0. The van der Waals surface area contributed by atoms with E-state index in [0.29, 0.717) is 18.2 Å². The maximum atomic E-state index is 11.9. The first-order valence-corrected chi connectivity index (χ1v) is 9.67. The predicted molar refractivity (Wildman–Crippen MR) is 111 cm³/mol. The van der Waals surface area contributed by atoms with Crippen LogP contribution in [0.1, 0.15) is 37.3 Å². The van der Waals surface area contributed by atoms with Crippen LogP contribution in [0.25, 0.3) is 0 Å². The Morgan fingerprint density at radius 3 is 2.59 bits per heavy atom. The molecule has 2 aromatic carbocycles. The first kappa shape index (κ1) is 18.9. The molecule has 0 amide bonds. The van der Waals surface area contributed by atoms with Gasteiger partial charge in [-0.25, -0.2) is 4.98 Å². The number of anilines is 2. The Labute approximate surface area is 169 Å². The number of benzene rings is 2. The molecular weight excluding hydrogens is 368 g/mol. The molecular formula is C22H22N4O3. The van der Waals surface area contributed by atoms with Crippen LogP contribution in [0.3, 0.4) is 0 Å². The van der Waals surface area contributed by atoms with E-state index in [1.54, 1.807) is 12.1 Å². The van der Waals surface area contributed by atoms with Gasteiger partial charge in [0.2, 0.25) is 5.82 Å². The quantitative estimate of drug-likeness (QED) is 0.429. The normalized spacial score (nSPS) is 13.3. The Morgan fingerprint density at radius 1 is 1.10 bits per heavy atom. The van der Waals surface area contributed by atoms with Gasteiger partial charge in [-0.05, 0) is 48.1 Å². The van der Waals surface area contributed by atoms with E-state index in [-0.39, 0.29) is 17.4 Å². The minimum absolute atomic E-state index is 0.0552. The van der Waals surface area contributed by atoms with Crippen molar-refractivity contribution in [3.8, 4) is 11.6 Å². The fraction of sp³-hybridized carbons (Fsp3) is 0.273. The third-order valence-electron chi connectivity index (χ3n) is 5.08. The Hall–Kier alpha value is -3.48. The molecule has 0 saturated carbocycles. The van der Waals surface area contributed by atoms with Gasteiger partial charge < -0.3 is 9.64 Å². The van der Waals surface area contributed by atoms with Crippen LogP contribution in [0.4, 0.5) is 17.2 Å². The lowest BCUT2D eigenvalue weighted by molar-refractivity contribution is -0.385. The van der Waals surface area contributed by atoms with Crippen LogP contribution in [0.15, 0.2) is 54.9 Å². The second-order valence-electron chi connectivity index (χ2n) is 7.32. The Balaban J connectivity index is 1.73. The smallest absolute Gasteiger partial charge is 0.373 e. The zero-order valence-corrected chi connectivity index (χ0v) is 16.4. The molecule has 0 fully saturated rings. The molecule has 0 atom stereocenters.